The number of para-hydroxylation sites is 1. The summed E-state index contributed by atoms with van der Waals surface area (Å²) in [5, 5.41) is 12.3. The summed E-state index contributed by atoms with van der Waals surface area (Å²) in [6.07, 6.45) is 4.40. The lowest BCUT2D eigenvalue weighted by Crippen LogP contribution is -2.37. The van der Waals surface area contributed by atoms with Gasteiger partial charge in [0, 0.05) is 17.2 Å². The maximum atomic E-state index is 12.5. The lowest BCUT2D eigenvalue weighted by molar-refractivity contribution is -0.124. The highest BCUT2D eigenvalue weighted by Gasteiger charge is 2.37. The molecule has 0 bridgehead atoms. The van der Waals surface area contributed by atoms with Gasteiger partial charge < -0.3 is 10.4 Å². The number of carbonyl (C=O) groups excluding carboxylic acids is 1. The third kappa shape index (κ3) is 3.16. The van der Waals surface area contributed by atoms with Crippen LogP contribution in [0.15, 0.2) is 24.3 Å². The topological polar surface area (TPSA) is 49.3 Å². The zero-order valence-corrected chi connectivity index (χ0v) is 11.8. The Balaban J connectivity index is 2.12. The van der Waals surface area contributed by atoms with Gasteiger partial charge >= 0.3 is 0 Å². The van der Waals surface area contributed by atoms with Crippen LogP contribution in [0.4, 0.5) is 5.69 Å². The van der Waals surface area contributed by atoms with Gasteiger partial charge in [-0.1, -0.05) is 44.9 Å². The number of aliphatic hydroxyl groups excluding tert-OH is 1. The molecule has 1 saturated carbocycles. The highest BCUT2D eigenvalue weighted by molar-refractivity contribution is 5.93. The minimum absolute atomic E-state index is 0.0511. The molecule has 1 aliphatic rings. The van der Waals surface area contributed by atoms with E-state index in [0.717, 1.165) is 30.5 Å². The molecule has 3 nitrogen and oxygen atoms in total. The summed E-state index contributed by atoms with van der Waals surface area (Å²) in [5.41, 5.74) is 1.57. The van der Waals surface area contributed by atoms with E-state index in [-0.39, 0.29) is 23.8 Å². The van der Waals surface area contributed by atoms with E-state index < -0.39 is 0 Å². The molecule has 2 rings (SSSR count). The summed E-state index contributed by atoms with van der Waals surface area (Å²) >= 11 is 0. The Kier molecular flexibility index (Phi) is 4.25. The Hall–Kier alpha value is -1.35. The number of carbonyl (C=O) groups is 1. The van der Waals surface area contributed by atoms with Crippen LogP contribution in [-0.4, -0.2) is 11.0 Å². The van der Waals surface area contributed by atoms with E-state index in [1.807, 2.05) is 24.3 Å². The molecule has 1 aromatic carbocycles. The van der Waals surface area contributed by atoms with Crippen LogP contribution in [0.5, 0.6) is 0 Å². The summed E-state index contributed by atoms with van der Waals surface area (Å²) in [4.78, 5) is 12.5. The molecule has 104 valence electrons. The molecule has 0 aliphatic heterocycles. The fourth-order valence-corrected chi connectivity index (χ4v) is 2.98. The second-order valence-electron chi connectivity index (χ2n) is 6.09. The highest BCUT2D eigenvalue weighted by Crippen LogP contribution is 2.41. The van der Waals surface area contributed by atoms with E-state index >= 15 is 0 Å². The minimum Gasteiger partial charge on any atom is -0.392 e. The quantitative estimate of drug-likeness (QED) is 0.876. The van der Waals surface area contributed by atoms with Crippen molar-refractivity contribution in [3.8, 4) is 0 Å². The fourth-order valence-electron chi connectivity index (χ4n) is 2.98. The Bertz CT molecular complexity index is 454. The predicted octanol–water partition coefficient (Wildman–Crippen LogP) is 3.33. The van der Waals surface area contributed by atoms with Gasteiger partial charge in [0.1, 0.15) is 0 Å². The molecule has 0 radical (unpaired) electrons. The predicted molar refractivity (Wildman–Crippen MR) is 76.7 cm³/mol. The second kappa shape index (κ2) is 5.74. The first-order chi connectivity index (χ1) is 9.04. The molecule has 0 heterocycles. The van der Waals surface area contributed by atoms with Gasteiger partial charge in [0.2, 0.25) is 5.91 Å². The molecule has 3 heteroatoms. The van der Waals surface area contributed by atoms with Crippen LogP contribution in [0.3, 0.4) is 0 Å². The number of aliphatic hydroxyl groups is 1. The van der Waals surface area contributed by atoms with Gasteiger partial charge in [-0.25, -0.2) is 0 Å². The van der Waals surface area contributed by atoms with E-state index in [1.165, 1.54) is 6.42 Å². The monoisotopic (exact) mass is 261 g/mol. The number of hydrogen-bond donors (Lipinski definition) is 2. The molecule has 2 N–H and O–H groups in total. The van der Waals surface area contributed by atoms with Gasteiger partial charge in [-0.15, -0.1) is 0 Å². The van der Waals surface area contributed by atoms with Crippen molar-refractivity contribution in [1.29, 1.82) is 0 Å². The zero-order chi connectivity index (χ0) is 13.9. The highest BCUT2D eigenvalue weighted by atomic mass is 16.3. The molecule has 1 unspecified atom stereocenters. The summed E-state index contributed by atoms with van der Waals surface area (Å²) in [5.74, 6) is 0.151. The molecule has 1 fully saturated rings. The van der Waals surface area contributed by atoms with Crippen molar-refractivity contribution in [3.63, 3.8) is 0 Å². The van der Waals surface area contributed by atoms with Crippen LogP contribution < -0.4 is 5.32 Å². The Morgan fingerprint density at radius 2 is 2.11 bits per heavy atom. The molecule has 1 amide bonds. The molecular formula is C16H23NO2. The van der Waals surface area contributed by atoms with Gasteiger partial charge in [0.05, 0.1) is 6.61 Å². The average Bonchev–Trinajstić information content (AvgIpc) is 2.38. The SMILES string of the molecule is CC1(C)CCCCC1C(=O)Nc1ccccc1CO. The molecule has 0 saturated heterocycles. The van der Waals surface area contributed by atoms with Crippen molar-refractivity contribution in [2.24, 2.45) is 11.3 Å². The van der Waals surface area contributed by atoms with Crippen LogP contribution in [0.25, 0.3) is 0 Å². The largest absolute Gasteiger partial charge is 0.392 e. The van der Waals surface area contributed by atoms with E-state index in [0.29, 0.717) is 0 Å². The van der Waals surface area contributed by atoms with Crippen molar-refractivity contribution in [3.05, 3.63) is 29.8 Å². The summed E-state index contributed by atoms with van der Waals surface area (Å²) in [7, 11) is 0. The average molecular weight is 261 g/mol. The van der Waals surface area contributed by atoms with Gasteiger partial charge in [-0.3, -0.25) is 4.79 Å². The summed E-state index contributed by atoms with van der Waals surface area (Å²) in [6.45, 7) is 4.30. The van der Waals surface area contributed by atoms with Crippen molar-refractivity contribution >= 4 is 11.6 Å². The van der Waals surface area contributed by atoms with E-state index in [9.17, 15) is 9.90 Å². The Morgan fingerprint density at radius 3 is 2.79 bits per heavy atom. The molecular weight excluding hydrogens is 238 g/mol. The van der Waals surface area contributed by atoms with Gasteiger partial charge in [0.15, 0.2) is 0 Å². The first-order valence-electron chi connectivity index (χ1n) is 7.04. The van der Waals surface area contributed by atoms with Crippen molar-refractivity contribution < 1.29 is 9.90 Å². The first-order valence-corrected chi connectivity index (χ1v) is 7.04. The first kappa shape index (κ1) is 14.1. The number of hydrogen-bond acceptors (Lipinski definition) is 2. The van der Waals surface area contributed by atoms with Crippen LogP contribution in [0, 0.1) is 11.3 Å². The standard InChI is InChI=1S/C16H23NO2/c1-16(2)10-6-5-8-13(16)15(19)17-14-9-4-3-7-12(14)11-18/h3-4,7,9,13,18H,5-6,8,10-11H2,1-2H3,(H,17,19). The van der Waals surface area contributed by atoms with Crippen LogP contribution in [0.2, 0.25) is 0 Å². The van der Waals surface area contributed by atoms with Gasteiger partial charge in [0.25, 0.3) is 0 Å². The molecule has 0 spiro atoms. The number of nitrogens with one attached hydrogen (secondary N) is 1. The van der Waals surface area contributed by atoms with E-state index in [4.69, 9.17) is 0 Å². The van der Waals surface area contributed by atoms with Crippen LogP contribution in [0.1, 0.15) is 45.1 Å². The number of amides is 1. The normalized spacial score (nSPS) is 21.9. The molecule has 19 heavy (non-hydrogen) atoms. The maximum absolute atomic E-state index is 12.5. The number of rotatable bonds is 3. The summed E-state index contributed by atoms with van der Waals surface area (Å²) in [6, 6.07) is 7.42. The minimum atomic E-state index is -0.0511. The number of anilines is 1. The van der Waals surface area contributed by atoms with E-state index in [2.05, 4.69) is 19.2 Å². The van der Waals surface area contributed by atoms with Crippen molar-refractivity contribution in [2.75, 3.05) is 5.32 Å². The second-order valence-corrected chi connectivity index (χ2v) is 6.09. The maximum Gasteiger partial charge on any atom is 0.228 e. The Morgan fingerprint density at radius 1 is 1.37 bits per heavy atom. The Labute approximate surface area is 115 Å². The van der Waals surface area contributed by atoms with Crippen molar-refractivity contribution in [1.82, 2.24) is 0 Å². The number of benzene rings is 1. The lowest BCUT2D eigenvalue weighted by Gasteiger charge is -2.37. The zero-order valence-electron chi connectivity index (χ0n) is 11.8. The smallest absolute Gasteiger partial charge is 0.228 e. The molecule has 1 aliphatic carbocycles. The van der Waals surface area contributed by atoms with Crippen LogP contribution >= 0.6 is 0 Å². The van der Waals surface area contributed by atoms with Gasteiger partial charge in [-0.05, 0) is 24.3 Å². The molecule has 1 atom stereocenters. The molecule has 0 aromatic heterocycles. The van der Waals surface area contributed by atoms with Gasteiger partial charge in [-0.2, -0.15) is 0 Å². The van der Waals surface area contributed by atoms with Crippen LogP contribution in [-0.2, 0) is 11.4 Å². The third-order valence-electron chi connectivity index (χ3n) is 4.27. The summed E-state index contributed by atoms with van der Waals surface area (Å²) < 4.78 is 0. The van der Waals surface area contributed by atoms with E-state index in [1.54, 1.807) is 0 Å². The fraction of sp³-hybridized carbons (Fsp3) is 0.562. The van der Waals surface area contributed by atoms with Crippen molar-refractivity contribution in [2.45, 2.75) is 46.1 Å². The lowest BCUT2D eigenvalue weighted by atomic mass is 9.68. The third-order valence-corrected chi connectivity index (χ3v) is 4.27. The molecule has 1 aromatic rings.